The maximum Gasteiger partial charge on any atom is 0.306 e. The summed E-state index contributed by atoms with van der Waals surface area (Å²) in [5, 5.41) is 0. The van der Waals surface area contributed by atoms with Crippen LogP contribution < -0.4 is 0 Å². The molecule has 0 amide bonds. The highest BCUT2D eigenvalue weighted by atomic mass is 16.6. The van der Waals surface area contributed by atoms with Gasteiger partial charge in [-0.1, -0.05) is 170 Å². The topological polar surface area (TPSA) is 78.9 Å². The first-order valence-electron chi connectivity index (χ1n) is 22.6. The number of carbonyl (C=O) groups excluding carboxylic acids is 3. The fourth-order valence-electron chi connectivity index (χ4n) is 5.69. The highest BCUT2D eigenvalue weighted by molar-refractivity contribution is 5.71. The van der Waals surface area contributed by atoms with Gasteiger partial charge >= 0.3 is 17.9 Å². The SMILES string of the molecule is CC/C=C\C/C=C\C/C=C\C/C=C\CCC(=O)OC(COC(=O)CCCCCCC/C=C\C/C=C\CCCC)COC(=O)CCCCCCC/C=C\CCCC. The van der Waals surface area contributed by atoms with E-state index in [1.165, 1.54) is 44.9 Å². The van der Waals surface area contributed by atoms with Crippen molar-refractivity contribution in [2.45, 2.75) is 200 Å². The van der Waals surface area contributed by atoms with Gasteiger partial charge in [0.1, 0.15) is 13.2 Å². The summed E-state index contributed by atoms with van der Waals surface area (Å²) < 4.78 is 16.6. The van der Waals surface area contributed by atoms with Crippen LogP contribution in [0, 0.1) is 0 Å². The van der Waals surface area contributed by atoms with E-state index in [4.69, 9.17) is 14.2 Å². The molecule has 0 aromatic heterocycles. The third-order valence-corrected chi connectivity index (χ3v) is 9.12. The van der Waals surface area contributed by atoms with E-state index in [1.807, 2.05) is 12.2 Å². The van der Waals surface area contributed by atoms with Crippen molar-refractivity contribution in [1.82, 2.24) is 0 Å². The average molecular weight is 779 g/mol. The average Bonchev–Trinajstić information content (AvgIpc) is 3.19. The number of ether oxygens (including phenoxy) is 3. The third-order valence-electron chi connectivity index (χ3n) is 9.12. The van der Waals surface area contributed by atoms with Gasteiger partial charge in [-0.25, -0.2) is 0 Å². The zero-order valence-corrected chi connectivity index (χ0v) is 36.1. The summed E-state index contributed by atoms with van der Waals surface area (Å²) in [6, 6.07) is 0. The van der Waals surface area contributed by atoms with E-state index < -0.39 is 12.1 Å². The molecule has 6 nitrogen and oxygen atoms in total. The Morgan fingerprint density at radius 1 is 0.375 bits per heavy atom. The molecule has 0 aliphatic heterocycles. The Bertz CT molecular complexity index is 1120. The van der Waals surface area contributed by atoms with Gasteiger partial charge in [0.15, 0.2) is 6.10 Å². The van der Waals surface area contributed by atoms with Crippen LogP contribution in [0.2, 0.25) is 0 Å². The second kappa shape index (κ2) is 44.3. The molecule has 0 N–H and O–H groups in total. The van der Waals surface area contributed by atoms with Gasteiger partial charge in [-0.2, -0.15) is 0 Å². The van der Waals surface area contributed by atoms with Crippen LogP contribution in [-0.2, 0) is 28.6 Å². The van der Waals surface area contributed by atoms with Crippen molar-refractivity contribution in [3.8, 4) is 0 Å². The Hall–Kier alpha value is -3.41. The van der Waals surface area contributed by atoms with Crippen LogP contribution in [0.1, 0.15) is 194 Å². The lowest BCUT2D eigenvalue weighted by atomic mass is 10.1. The van der Waals surface area contributed by atoms with Gasteiger partial charge in [0.05, 0.1) is 0 Å². The molecule has 56 heavy (non-hydrogen) atoms. The number of carbonyl (C=O) groups is 3. The number of allylic oxidation sites excluding steroid dienone is 14. The Labute approximate surface area is 344 Å². The van der Waals surface area contributed by atoms with Gasteiger partial charge in [0.25, 0.3) is 0 Å². The molecule has 1 atom stereocenters. The Morgan fingerprint density at radius 2 is 0.732 bits per heavy atom. The van der Waals surface area contributed by atoms with Gasteiger partial charge < -0.3 is 14.2 Å². The summed E-state index contributed by atoms with van der Waals surface area (Å²) in [5.74, 6) is -1.03. The number of esters is 3. The Kier molecular flexibility index (Phi) is 41.6. The summed E-state index contributed by atoms with van der Waals surface area (Å²) in [4.78, 5) is 37.7. The van der Waals surface area contributed by atoms with Crippen molar-refractivity contribution in [3.05, 3.63) is 85.1 Å². The summed E-state index contributed by atoms with van der Waals surface area (Å²) >= 11 is 0. The lowest BCUT2D eigenvalue weighted by Crippen LogP contribution is -2.30. The van der Waals surface area contributed by atoms with Gasteiger partial charge in [0.2, 0.25) is 0 Å². The van der Waals surface area contributed by atoms with E-state index in [2.05, 4.69) is 93.7 Å². The van der Waals surface area contributed by atoms with Crippen molar-refractivity contribution >= 4 is 17.9 Å². The first kappa shape index (κ1) is 52.6. The third kappa shape index (κ3) is 41.7. The highest BCUT2D eigenvalue weighted by Gasteiger charge is 2.19. The normalized spacial score (nSPS) is 12.8. The molecule has 0 spiro atoms. The largest absolute Gasteiger partial charge is 0.462 e. The van der Waals surface area contributed by atoms with Gasteiger partial charge in [-0.3, -0.25) is 14.4 Å². The molecular formula is C50H82O6. The van der Waals surface area contributed by atoms with Crippen LogP contribution in [0.3, 0.4) is 0 Å². The zero-order chi connectivity index (χ0) is 40.8. The summed E-state index contributed by atoms with van der Waals surface area (Å²) in [6.45, 7) is 6.33. The van der Waals surface area contributed by atoms with Crippen LogP contribution >= 0.6 is 0 Å². The molecular weight excluding hydrogens is 697 g/mol. The summed E-state index contributed by atoms with van der Waals surface area (Å²) in [5.41, 5.74) is 0. The van der Waals surface area contributed by atoms with Gasteiger partial charge in [0, 0.05) is 19.3 Å². The maximum atomic E-state index is 12.7. The van der Waals surface area contributed by atoms with Crippen LogP contribution in [-0.4, -0.2) is 37.2 Å². The minimum Gasteiger partial charge on any atom is -0.462 e. The monoisotopic (exact) mass is 779 g/mol. The molecule has 0 rings (SSSR count). The highest BCUT2D eigenvalue weighted by Crippen LogP contribution is 2.12. The summed E-state index contributed by atoms with van der Waals surface area (Å²) in [7, 11) is 0. The second-order valence-corrected chi connectivity index (χ2v) is 14.6. The van der Waals surface area contributed by atoms with Crippen LogP contribution in [0.4, 0.5) is 0 Å². The number of hydrogen-bond donors (Lipinski definition) is 0. The number of rotatable bonds is 39. The molecule has 0 saturated heterocycles. The molecule has 0 heterocycles. The lowest BCUT2D eigenvalue weighted by molar-refractivity contribution is -0.166. The first-order chi connectivity index (χ1) is 27.5. The molecule has 0 aromatic rings. The minimum absolute atomic E-state index is 0.115. The standard InChI is InChI=1S/C50H82O6/c1-4-7-10-13-16-19-22-24-26-28-31-34-37-40-43-49(52)55-46-47(45-54-48(51)42-39-36-33-30-27-21-18-15-12-9-6-3)56-50(53)44-41-38-35-32-29-25-23-20-17-14-11-8-5-2/h8,11,13,15-18,20,22,24-25,29,35,38,47H,4-7,9-10,12,14,19,21,23,26-28,30-34,36-37,39-46H2,1-3H3/b11-8-,16-13-,18-15-,20-17-,24-22-,29-25-,38-35-. The van der Waals surface area contributed by atoms with Crippen molar-refractivity contribution < 1.29 is 28.6 Å². The number of unbranched alkanes of at least 4 members (excludes halogenated alkanes) is 14. The fraction of sp³-hybridized carbons (Fsp3) is 0.660. The predicted molar refractivity (Wildman–Crippen MR) is 237 cm³/mol. The smallest absolute Gasteiger partial charge is 0.306 e. The lowest BCUT2D eigenvalue weighted by Gasteiger charge is -2.18. The molecule has 6 heteroatoms. The van der Waals surface area contributed by atoms with Crippen molar-refractivity contribution in [3.63, 3.8) is 0 Å². The molecule has 0 aliphatic rings. The molecule has 0 saturated carbocycles. The van der Waals surface area contributed by atoms with Gasteiger partial charge in [-0.05, 0) is 89.9 Å². The van der Waals surface area contributed by atoms with E-state index in [0.717, 1.165) is 103 Å². The van der Waals surface area contributed by atoms with Gasteiger partial charge in [-0.15, -0.1) is 0 Å². The Balaban J connectivity index is 4.53. The van der Waals surface area contributed by atoms with Crippen LogP contribution in [0.25, 0.3) is 0 Å². The minimum atomic E-state index is -0.821. The van der Waals surface area contributed by atoms with Crippen molar-refractivity contribution in [2.75, 3.05) is 13.2 Å². The van der Waals surface area contributed by atoms with E-state index in [-0.39, 0.29) is 31.6 Å². The van der Waals surface area contributed by atoms with Crippen molar-refractivity contribution in [2.24, 2.45) is 0 Å². The first-order valence-corrected chi connectivity index (χ1v) is 22.6. The van der Waals surface area contributed by atoms with E-state index in [1.54, 1.807) is 0 Å². The van der Waals surface area contributed by atoms with Crippen molar-refractivity contribution in [1.29, 1.82) is 0 Å². The molecule has 0 aliphatic carbocycles. The second-order valence-electron chi connectivity index (χ2n) is 14.6. The number of hydrogen-bond acceptors (Lipinski definition) is 6. The molecule has 0 bridgehead atoms. The van der Waals surface area contributed by atoms with E-state index >= 15 is 0 Å². The quantitative estimate of drug-likeness (QED) is 0.0268. The maximum absolute atomic E-state index is 12.7. The van der Waals surface area contributed by atoms with E-state index in [9.17, 15) is 14.4 Å². The molecule has 0 fully saturated rings. The molecule has 318 valence electrons. The van der Waals surface area contributed by atoms with E-state index in [0.29, 0.717) is 19.3 Å². The zero-order valence-electron chi connectivity index (χ0n) is 36.1. The van der Waals surface area contributed by atoms with Crippen LogP contribution in [0.5, 0.6) is 0 Å². The predicted octanol–water partition coefficient (Wildman–Crippen LogP) is 14.5. The fourth-order valence-corrected chi connectivity index (χ4v) is 5.69. The van der Waals surface area contributed by atoms with Crippen LogP contribution in [0.15, 0.2) is 85.1 Å². The molecule has 0 radical (unpaired) electrons. The Morgan fingerprint density at radius 3 is 1.18 bits per heavy atom. The molecule has 1 unspecified atom stereocenters. The molecule has 0 aromatic carbocycles. The summed E-state index contributed by atoms with van der Waals surface area (Å²) in [6.07, 6.45) is 55.7.